The highest BCUT2D eigenvalue weighted by molar-refractivity contribution is 5.89. The molecule has 6 fully saturated rings. The molecule has 5 aliphatic carbocycles. The van der Waals surface area contributed by atoms with Gasteiger partial charge in [0.2, 0.25) is 0 Å². The van der Waals surface area contributed by atoms with Crippen LogP contribution in [0.1, 0.15) is 29.6 Å². The van der Waals surface area contributed by atoms with Crippen LogP contribution in [-0.2, 0) is 23.7 Å². The van der Waals surface area contributed by atoms with Gasteiger partial charge in [0.25, 0.3) is 0 Å². The summed E-state index contributed by atoms with van der Waals surface area (Å²) >= 11 is 0. The van der Waals surface area contributed by atoms with Crippen molar-refractivity contribution in [2.45, 2.75) is 67.0 Å². The highest BCUT2D eigenvalue weighted by atomic mass is 16.6. The van der Waals surface area contributed by atoms with Crippen LogP contribution in [0.15, 0.2) is 30.3 Å². The van der Waals surface area contributed by atoms with Crippen molar-refractivity contribution in [3.8, 4) is 0 Å². The van der Waals surface area contributed by atoms with E-state index in [0.29, 0.717) is 12.2 Å². The van der Waals surface area contributed by atoms with Crippen molar-refractivity contribution < 1.29 is 43.8 Å². The van der Waals surface area contributed by atoms with E-state index in [9.17, 15) is 20.1 Å². The zero-order valence-electron chi connectivity index (χ0n) is 24.4. The van der Waals surface area contributed by atoms with E-state index in [1.54, 1.807) is 45.6 Å². The predicted octanol–water partition coefficient (Wildman–Crippen LogP) is 0.716. The summed E-state index contributed by atoms with van der Waals surface area (Å²) in [4.78, 5) is 15.8. The number of methoxy groups -OCH3 is 4. The summed E-state index contributed by atoms with van der Waals surface area (Å²) in [7, 11) is 8.65. The zero-order chi connectivity index (χ0) is 29.1. The molecule has 0 aromatic heterocycles. The molecule has 1 spiro atoms. The highest BCUT2D eigenvalue weighted by Gasteiger charge is 2.90. The quantitative estimate of drug-likeness (QED) is 0.402. The lowest BCUT2D eigenvalue weighted by Crippen LogP contribution is -2.79. The molecule has 41 heavy (non-hydrogen) atoms. The molecule has 0 radical (unpaired) electrons. The van der Waals surface area contributed by atoms with Crippen LogP contribution in [-0.4, -0.2) is 123 Å². The lowest BCUT2D eigenvalue weighted by atomic mass is 9.43. The highest BCUT2D eigenvalue weighted by Crippen LogP contribution is 2.80. The Balaban J connectivity index is 1.46. The molecule has 1 saturated heterocycles. The molecular weight excluding hydrogens is 530 g/mol. The maximum atomic E-state index is 13.5. The smallest absolute Gasteiger partial charge is 0.338 e. The summed E-state index contributed by atoms with van der Waals surface area (Å²) in [5.74, 6) is -2.30. The molecule has 1 aromatic carbocycles. The number of benzene rings is 1. The normalized spacial score (nSPS) is 52.9. The van der Waals surface area contributed by atoms with Crippen molar-refractivity contribution in [2.75, 3.05) is 48.6 Å². The van der Waals surface area contributed by atoms with Gasteiger partial charge in [0.15, 0.2) is 0 Å². The van der Waals surface area contributed by atoms with Crippen LogP contribution in [0, 0.1) is 34.5 Å². The van der Waals surface area contributed by atoms with Crippen molar-refractivity contribution in [1.82, 2.24) is 4.90 Å². The molecule has 3 unspecified atom stereocenters. The van der Waals surface area contributed by atoms with Crippen molar-refractivity contribution in [3.05, 3.63) is 35.9 Å². The van der Waals surface area contributed by atoms with Gasteiger partial charge in [-0.15, -0.1) is 0 Å². The Bertz CT molecular complexity index is 1200. The van der Waals surface area contributed by atoms with Gasteiger partial charge in [0.05, 0.1) is 24.4 Å². The van der Waals surface area contributed by atoms with Gasteiger partial charge in [0.1, 0.15) is 29.5 Å². The van der Waals surface area contributed by atoms with Crippen molar-refractivity contribution in [3.63, 3.8) is 0 Å². The maximum absolute atomic E-state index is 13.5. The Morgan fingerprint density at radius 1 is 1.02 bits per heavy atom. The van der Waals surface area contributed by atoms with Crippen molar-refractivity contribution in [2.24, 2.45) is 34.5 Å². The van der Waals surface area contributed by atoms with Gasteiger partial charge in [-0.25, -0.2) is 4.79 Å². The second-order valence-electron chi connectivity index (χ2n) is 13.6. The SMILES string of the molecule is COC[C@@]12CC[C@H](OC)C34C(C([C@H](OC)[C@@H]31)[C@]1(O)[C@@H]3[C@H]4C[C@](O)([C@@H]3OC(=O)c3ccccc3)[C@@H](OC)[C@@H]1O)N(C)C2. The number of esters is 1. The van der Waals surface area contributed by atoms with Crippen LogP contribution in [0.2, 0.25) is 0 Å². The molecule has 6 aliphatic rings. The minimum atomic E-state index is -1.76. The van der Waals surface area contributed by atoms with Crippen LogP contribution >= 0.6 is 0 Å². The van der Waals surface area contributed by atoms with Gasteiger partial charge in [-0.05, 0) is 44.4 Å². The fourth-order valence-electron chi connectivity index (χ4n) is 11.8. The Morgan fingerprint density at radius 2 is 1.76 bits per heavy atom. The standard InChI is InChI=1S/C31H43NO9/c1-32-14-28(15-37-2)12-11-18(38-3)30-17-13-29(35)25(41-27(34)16-9-7-6-8-10-16)19(17)31(36,24(33)26(29)40-5)20(23(30)32)21(39-4)22(28)30/h6-10,17-26,33,35-36H,11-15H2,1-5H3/t17-,18+,19-,20?,21+,22-,23?,24+,25-,26+,28+,29+,30?,31-/m1/s1. The first kappa shape index (κ1) is 28.2. The Hall–Kier alpha value is -1.63. The molecule has 3 N–H and O–H groups in total. The molecule has 1 aliphatic heterocycles. The molecular formula is C31H43NO9. The Morgan fingerprint density at radius 3 is 2.39 bits per heavy atom. The number of rotatable bonds is 7. The van der Waals surface area contributed by atoms with Crippen molar-refractivity contribution >= 4 is 5.97 Å². The number of aliphatic hydroxyl groups is 3. The van der Waals surface area contributed by atoms with E-state index in [0.717, 1.165) is 19.4 Å². The van der Waals surface area contributed by atoms with E-state index >= 15 is 0 Å². The van der Waals surface area contributed by atoms with Gasteiger partial charge >= 0.3 is 5.97 Å². The second kappa shape index (κ2) is 9.19. The van der Waals surface area contributed by atoms with Crippen molar-refractivity contribution in [1.29, 1.82) is 0 Å². The molecule has 0 amide bonds. The topological polar surface area (TPSA) is 127 Å². The third kappa shape index (κ3) is 3.08. The molecule has 10 nitrogen and oxygen atoms in total. The summed E-state index contributed by atoms with van der Waals surface area (Å²) < 4.78 is 30.6. The molecule has 5 saturated carbocycles. The monoisotopic (exact) mass is 573 g/mol. The fourth-order valence-corrected chi connectivity index (χ4v) is 11.8. The fraction of sp³-hybridized carbons (Fsp3) is 0.774. The lowest BCUT2D eigenvalue weighted by Gasteiger charge is -2.69. The first-order chi connectivity index (χ1) is 19.6. The maximum Gasteiger partial charge on any atom is 0.338 e. The molecule has 10 heteroatoms. The average Bonchev–Trinajstić information content (AvgIpc) is 3.36. The van der Waals surface area contributed by atoms with Gasteiger partial charge in [0, 0.05) is 69.6 Å². The van der Waals surface area contributed by atoms with Crippen LogP contribution in [0.25, 0.3) is 0 Å². The van der Waals surface area contributed by atoms with E-state index in [1.165, 1.54) is 7.11 Å². The first-order valence-corrected chi connectivity index (χ1v) is 14.8. The number of hydrogen-bond donors (Lipinski definition) is 3. The number of likely N-dealkylation sites (tertiary alicyclic amines) is 1. The van der Waals surface area contributed by atoms with E-state index < -0.39 is 58.8 Å². The number of aliphatic hydroxyl groups excluding tert-OH is 1. The van der Waals surface area contributed by atoms with Gasteiger partial charge in [-0.1, -0.05) is 18.2 Å². The molecule has 7 rings (SSSR count). The zero-order valence-corrected chi connectivity index (χ0v) is 24.4. The van der Waals surface area contributed by atoms with Gasteiger partial charge < -0.3 is 43.9 Å². The largest absolute Gasteiger partial charge is 0.455 e. The number of fused-ring (bicyclic) bond motifs is 2. The molecule has 1 heterocycles. The number of carbonyl (C=O) groups is 1. The Kier molecular flexibility index (Phi) is 6.31. The van der Waals surface area contributed by atoms with Crippen LogP contribution in [0.5, 0.6) is 0 Å². The lowest BCUT2D eigenvalue weighted by molar-refractivity contribution is -0.313. The van der Waals surface area contributed by atoms with Gasteiger partial charge in [-0.3, -0.25) is 0 Å². The molecule has 226 valence electrons. The summed E-state index contributed by atoms with van der Waals surface area (Å²) in [5, 5.41) is 37.6. The predicted molar refractivity (Wildman–Crippen MR) is 145 cm³/mol. The number of nitrogens with zero attached hydrogens (tertiary/aromatic N) is 1. The molecule has 14 atom stereocenters. The number of piperidine rings is 1. The summed E-state index contributed by atoms with van der Waals surface area (Å²) in [6.45, 7) is 1.29. The molecule has 1 aromatic rings. The summed E-state index contributed by atoms with van der Waals surface area (Å²) in [6.07, 6.45) is -2.45. The van der Waals surface area contributed by atoms with E-state index in [-0.39, 0.29) is 35.8 Å². The average molecular weight is 574 g/mol. The van der Waals surface area contributed by atoms with E-state index in [4.69, 9.17) is 23.7 Å². The van der Waals surface area contributed by atoms with Gasteiger partial charge in [-0.2, -0.15) is 0 Å². The number of carbonyl (C=O) groups excluding carboxylic acids is 1. The minimum Gasteiger partial charge on any atom is -0.455 e. The third-order valence-electron chi connectivity index (χ3n) is 12.5. The minimum absolute atomic E-state index is 0.0644. The van der Waals surface area contributed by atoms with Crippen LogP contribution < -0.4 is 0 Å². The van der Waals surface area contributed by atoms with Crippen LogP contribution in [0.3, 0.4) is 0 Å². The Labute approximate surface area is 240 Å². The summed E-state index contributed by atoms with van der Waals surface area (Å²) in [6, 6.07) is 8.46. The number of hydrogen-bond acceptors (Lipinski definition) is 10. The van der Waals surface area contributed by atoms with E-state index in [1.807, 2.05) is 6.07 Å². The number of ether oxygens (including phenoxy) is 5. The first-order valence-electron chi connectivity index (χ1n) is 14.8. The molecule has 7 bridgehead atoms. The summed E-state index contributed by atoms with van der Waals surface area (Å²) in [5.41, 5.74) is -3.95. The third-order valence-corrected chi connectivity index (χ3v) is 12.5. The van der Waals surface area contributed by atoms with E-state index in [2.05, 4.69) is 11.9 Å². The second-order valence-corrected chi connectivity index (χ2v) is 13.6. The van der Waals surface area contributed by atoms with Crippen LogP contribution in [0.4, 0.5) is 0 Å².